The van der Waals surface area contributed by atoms with Gasteiger partial charge in [0.1, 0.15) is 5.75 Å². The molecule has 0 aliphatic carbocycles. The largest absolute Gasteiger partial charge is 0.507 e. The van der Waals surface area contributed by atoms with Gasteiger partial charge in [-0.3, -0.25) is 9.10 Å². The Balaban J connectivity index is 1.69. The van der Waals surface area contributed by atoms with E-state index in [1.807, 2.05) is 0 Å². The Hall–Kier alpha value is -3.65. The van der Waals surface area contributed by atoms with Crippen molar-refractivity contribution in [2.24, 2.45) is 5.10 Å². The fourth-order valence-corrected chi connectivity index (χ4v) is 3.75. The van der Waals surface area contributed by atoms with Crippen LogP contribution in [0.15, 0.2) is 88.9 Å². The summed E-state index contributed by atoms with van der Waals surface area (Å²) < 4.78 is 26.5. The highest BCUT2D eigenvalue weighted by Gasteiger charge is 2.21. The van der Waals surface area contributed by atoms with E-state index in [0.717, 1.165) is 4.31 Å². The molecule has 29 heavy (non-hydrogen) atoms. The van der Waals surface area contributed by atoms with Crippen molar-refractivity contribution in [3.8, 4) is 5.75 Å². The van der Waals surface area contributed by atoms with Crippen molar-refractivity contribution in [3.05, 3.63) is 90.0 Å². The van der Waals surface area contributed by atoms with Gasteiger partial charge in [-0.15, -0.1) is 0 Å². The number of nitrogens with zero attached hydrogens (tertiary/aromatic N) is 2. The van der Waals surface area contributed by atoms with E-state index in [-0.39, 0.29) is 10.6 Å². The second kappa shape index (κ2) is 8.57. The molecule has 0 atom stereocenters. The first kappa shape index (κ1) is 20.1. The molecule has 0 fully saturated rings. The topological polar surface area (TPSA) is 99.1 Å². The van der Waals surface area contributed by atoms with E-state index in [4.69, 9.17) is 0 Å². The van der Waals surface area contributed by atoms with Gasteiger partial charge in [0.25, 0.3) is 15.9 Å². The summed E-state index contributed by atoms with van der Waals surface area (Å²) in [5, 5.41) is 13.5. The Kier molecular flexibility index (Phi) is 5.94. The second-order valence-corrected chi connectivity index (χ2v) is 8.06. The number of carbonyl (C=O) groups is 1. The zero-order chi connectivity index (χ0) is 20.9. The molecule has 0 bridgehead atoms. The molecule has 0 heterocycles. The van der Waals surface area contributed by atoms with Gasteiger partial charge < -0.3 is 5.11 Å². The van der Waals surface area contributed by atoms with E-state index in [0.29, 0.717) is 16.8 Å². The molecule has 3 rings (SSSR count). The summed E-state index contributed by atoms with van der Waals surface area (Å²) in [5.41, 5.74) is 3.57. The number of phenols is 1. The monoisotopic (exact) mass is 409 g/mol. The number of sulfonamides is 1. The lowest BCUT2D eigenvalue weighted by atomic mass is 10.2. The van der Waals surface area contributed by atoms with Crippen LogP contribution in [0.5, 0.6) is 5.75 Å². The Morgan fingerprint density at radius 1 is 0.966 bits per heavy atom. The lowest BCUT2D eigenvalue weighted by Crippen LogP contribution is -2.26. The van der Waals surface area contributed by atoms with Crippen LogP contribution >= 0.6 is 0 Å². The number of phenolic OH excluding ortho intramolecular Hbond substituents is 1. The number of hydrogen-bond acceptors (Lipinski definition) is 5. The van der Waals surface area contributed by atoms with Gasteiger partial charge in [0.15, 0.2) is 0 Å². The van der Waals surface area contributed by atoms with Crippen LogP contribution < -0.4 is 9.73 Å². The van der Waals surface area contributed by atoms with Crippen LogP contribution in [0, 0.1) is 0 Å². The zero-order valence-electron chi connectivity index (χ0n) is 15.6. The van der Waals surface area contributed by atoms with Gasteiger partial charge in [-0.25, -0.2) is 13.8 Å². The van der Waals surface area contributed by atoms with E-state index in [9.17, 15) is 18.3 Å². The van der Waals surface area contributed by atoms with Gasteiger partial charge >= 0.3 is 0 Å². The number of anilines is 1. The molecule has 3 aromatic carbocycles. The molecule has 148 valence electrons. The van der Waals surface area contributed by atoms with Gasteiger partial charge in [0.2, 0.25) is 0 Å². The summed E-state index contributed by atoms with van der Waals surface area (Å²) in [7, 11) is -2.24. The summed E-state index contributed by atoms with van der Waals surface area (Å²) in [4.78, 5) is 12.4. The van der Waals surface area contributed by atoms with Crippen molar-refractivity contribution in [2.75, 3.05) is 11.4 Å². The fourth-order valence-electron chi connectivity index (χ4n) is 2.53. The quantitative estimate of drug-likeness (QED) is 0.483. The molecule has 0 aromatic heterocycles. The second-order valence-electron chi connectivity index (χ2n) is 6.09. The van der Waals surface area contributed by atoms with Gasteiger partial charge in [0.05, 0.1) is 16.8 Å². The smallest absolute Gasteiger partial charge is 0.271 e. The predicted molar refractivity (Wildman–Crippen MR) is 112 cm³/mol. The maximum Gasteiger partial charge on any atom is 0.271 e. The van der Waals surface area contributed by atoms with Crippen molar-refractivity contribution in [2.45, 2.75) is 4.90 Å². The highest BCUT2D eigenvalue weighted by Crippen LogP contribution is 2.22. The number of para-hydroxylation sites is 1. The maximum absolute atomic E-state index is 12.7. The Bertz CT molecular complexity index is 1130. The van der Waals surface area contributed by atoms with Crippen molar-refractivity contribution >= 4 is 27.8 Å². The summed E-state index contributed by atoms with van der Waals surface area (Å²) in [6.45, 7) is 0. The maximum atomic E-state index is 12.7. The van der Waals surface area contributed by atoms with Crippen LogP contribution in [-0.2, 0) is 10.0 Å². The van der Waals surface area contributed by atoms with E-state index in [1.165, 1.54) is 43.6 Å². The number of carbonyl (C=O) groups excluding carboxylic acids is 1. The first-order valence-electron chi connectivity index (χ1n) is 8.65. The van der Waals surface area contributed by atoms with Crippen molar-refractivity contribution in [1.29, 1.82) is 0 Å². The molecule has 0 saturated carbocycles. The van der Waals surface area contributed by atoms with Crippen molar-refractivity contribution < 1.29 is 18.3 Å². The average molecular weight is 409 g/mol. The van der Waals surface area contributed by atoms with Gasteiger partial charge in [0, 0.05) is 18.2 Å². The SMILES string of the molecule is CN(c1ccc(C(=O)N/N=C/c2ccccc2O)cc1)S(=O)(=O)c1ccccc1. The van der Waals surface area contributed by atoms with Crippen LogP contribution in [0.4, 0.5) is 5.69 Å². The minimum atomic E-state index is -3.69. The Morgan fingerprint density at radius 2 is 1.59 bits per heavy atom. The van der Waals surface area contributed by atoms with E-state index >= 15 is 0 Å². The first-order valence-corrected chi connectivity index (χ1v) is 10.1. The van der Waals surface area contributed by atoms with Crippen LogP contribution in [0.1, 0.15) is 15.9 Å². The zero-order valence-corrected chi connectivity index (χ0v) is 16.4. The predicted octanol–water partition coefficient (Wildman–Crippen LogP) is 2.98. The molecule has 0 unspecified atom stereocenters. The molecule has 0 radical (unpaired) electrons. The minimum absolute atomic E-state index is 0.0533. The van der Waals surface area contributed by atoms with Crippen molar-refractivity contribution in [3.63, 3.8) is 0 Å². The summed E-state index contributed by atoms with van der Waals surface area (Å²) in [6, 6.07) is 20.8. The molecule has 0 spiro atoms. The molecule has 0 aliphatic rings. The first-order chi connectivity index (χ1) is 13.9. The number of amides is 1. The molecule has 2 N–H and O–H groups in total. The van der Waals surface area contributed by atoms with Gasteiger partial charge in [-0.1, -0.05) is 30.3 Å². The highest BCUT2D eigenvalue weighted by atomic mass is 32.2. The Morgan fingerprint density at radius 3 is 2.24 bits per heavy atom. The van der Waals surface area contributed by atoms with Gasteiger partial charge in [-0.2, -0.15) is 5.10 Å². The number of nitrogens with one attached hydrogen (secondary N) is 1. The van der Waals surface area contributed by atoms with E-state index in [2.05, 4.69) is 10.5 Å². The lowest BCUT2D eigenvalue weighted by Gasteiger charge is -2.19. The third-order valence-electron chi connectivity index (χ3n) is 4.20. The number of rotatable bonds is 6. The minimum Gasteiger partial charge on any atom is -0.507 e. The van der Waals surface area contributed by atoms with Crippen LogP contribution in [0.25, 0.3) is 0 Å². The third-order valence-corrected chi connectivity index (χ3v) is 6.00. The van der Waals surface area contributed by atoms with Crippen LogP contribution in [-0.4, -0.2) is 32.7 Å². The molecular weight excluding hydrogens is 390 g/mol. The lowest BCUT2D eigenvalue weighted by molar-refractivity contribution is 0.0955. The molecule has 3 aromatic rings. The molecule has 0 aliphatic heterocycles. The number of hydrogen-bond donors (Lipinski definition) is 2. The fraction of sp³-hybridized carbons (Fsp3) is 0.0476. The van der Waals surface area contributed by atoms with Crippen LogP contribution in [0.2, 0.25) is 0 Å². The highest BCUT2D eigenvalue weighted by molar-refractivity contribution is 7.92. The summed E-state index contributed by atoms with van der Waals surface area (Å²) in [5.74, 6) is -0.408. The van der Waals surface area contributed by atoms with Crippen LogP contribution in [0.3, 0.4) is 0 Å². The molecular formula is C21H19N3O4S. The molecule has 8 heteroatoms. The number of hydrazone groups is 1. The van der Waals surface area contributed by atoms with Crippen molar-refractivity contribution in [1.82, 2.24) is 5.43 Å². The molecule has 1 amide bonds. The number of benzene rings is 3. The van der Waals surface area contributed by atoms with E-state index in [1.54, 1.807) is 48.5 Å². The average Bonchev–Trinajstić information content (AvgIpc) is 2.75. The summed E-state index contributed by atoms with van der Waals surface area (Å²) in [6.07, 6.45) is 1.34. The molecule has 0 saturated heterocycles. The van der Waals surface area contributed by atoms with E-state index < -0.39 is 15.9 Å². The summed E-state index contributed by atoms with van der Waals surface area (Å²) >= 11 is 0. The standard InChI is InChI=1S/C21H19N3O4S/c1-24(29(27,28)19-8-3-2-4-9-19)18-13-11-16(12-14-18)21(26)23-22-15-17-7-5-6-10-20(17)25/h2-15,25H,1H3,(H,23,26)/b22-15+. The Labute approximate surface area is 169 Å². The third kappa shape index (κ3) is 4.61. The van der Waals surface area contributed by atoms with Gasteiger partial charge in [-0.05, 0) is 48.5 Å². The molecule has 7 nitrogen and oxygen atoms in total. The number of aromatic hydroxyl groups is 1. The normalized spacial score (nSPS) is 11.3.